The smallest absolute Gasteiger partial charge is 0.212 e. The van der Waals surface area contributed by atoms with E-state index >= 15 is 0 Å². The van der Waals surface area contributed by atoms with Crippen molar-refractivity contribution in [2.45, 2.75) is 6.92 Å². The van der Waals surface area contributed by atoms with Crippen LogP contribution in [0.3, 0.4) is 0 Å². The average molecular weight is 236 g/mol. The standard InChI is InChI=1S/C11H10ClN3O/c1-7-3-4-8(5-9(7)12)11(16)10-6-13-14-15(10)2/h3-6H,1-2H3. The summed E-state index contributed by atoms with van der Waals surface area (Å²) in [5.74, 6) is -0.130. The molecule has 0 saturated carbocycles. The van der Waals surface area contributed by atoms with Crippen molar-refractivity contribution < 1.29 is 4.79 Å². The van der Waals surface area contributed by atoms with Gasteiger partial charge in [0.25, 0.3) is 0 Å². The molecule has 0 aliphatic heterocycles. The molecule has 4 nitrogen and oxygen atoms in total. The lowest BCUT2D eigenvalue weighted by Gasteiger charge is -2.02. The molecule has 16 heavy (non-hydrogen) atoms. The third-order valence-electron chi connectivity index (χ3n) is 2.38. The van der Waals surface area contributed by atoms with Crippen LogP contribution in [-0.2, 0) is 7.05 Å². The van der Waals surface area contributed by atoms with Gasteiger partial charge in [0.15, 0.2) is 0 Å². The molecule has 2 rings (SSSR count). The first-order valence-corrected chi connectivity index (χ1v) is 5.13. The Bertz CT molecular complexity index is 548. The molecule has 0 aliphatic carbocycles. The van der Waals surface area contributed by atoms with Gasteiger partial charge in [0.1, 0.15) is 5.69 Å². The molecule has 0 spiro atoms. The van der Waals surface area contributed by atoms with Crippen molar-refractivity contribution in [2.24, 2.45) is 7.05 Å². The van der Waals surface area contributed by atoms with Gasteiger partial charge in [0.05, 0.1) is 6.20 Å². The summed E-state index contributed by atoms with van der Waals surface area (Å²) in [7, 11) is 1.68. The monoisotopic (exact) mass is 235 g/mol. The number of halogens is 1. The van der Waals surface area contributed by atoms with Gasteiger partial charge in [0, 0.05) is 17.6 Å². The second kappa shape index (κ2) is 4.06. The van der Waals surface area contributed by atoms with Crippen LogP contribution in [-0.4, -0.2) is 20.8 Å². The quantitative estimate of drug-likeness (QED) is 0.748. The molecule has 2 aromatic rings. The second-order valence-corrected chi connectivity index (χ2v) is 3.94. The normalized spacial score (nSPS) is 10.4. The van der Waals surface area contributed by atoms with Gasteiger partial charge in [-0.1, -0.05) is 28.9 Å². The van der Waals surface area contributed by atoms with E-state index in [0.29, 0.717) is 16.3 Å². The van der Waals surface area contributed by atoms with E-state index in [1.54, 1.807) is 19.2 Å². The van der Waals surface area contributed by atoms with Gasteiger partial charge in [-0.05, 0) is 18.6 Å². The Morgan fingerprint density at radius 3 is 2.75 bits per heavy atom. The highest BCUT2D eigenvalue weighted by Crippen LogP contribution is 2.18. The number of rotatable bonds is 2. The first-order chi connectivity index (χ1) is 7.59. The molecule has 0 fully saturated rings. The van der Waals surface area contributed by atoms with Crippen molar-refractivity contribution in [1.29, 1.82) is 0 Å². The Kier molecular flexibility index (Phi) is 2.75. The number of hydrogen-bond donors (Lipinski definition) is 0. The first-order valence-electron chi connectivity index (χ1n) is 4.75. The fraction of sp³-hybridized carbons (Fsp3) is 0.182. The Labute approximate surface area is 97.8 Å². The van der Waals surface area contributed by atoms with Gasteiger partial charge in [-0.15, -0.1) is 5.10 Å². The molecule has 0 atom stereocenters. The Balaban J connectivity index is 2.42. The van der Waals surface area contributed by atoms with E-state index in [4.69, 9.17) is 11.6 Å². The highest BCUT2D eigenvalue weighted by Gasteiger charge is 2.14. The van der Waals surface area contributed by atoms with E-state index in [1.807, 2.05) is 13.0 Å². The zero-order valence-corrected chi connectivity index (χ0v) is 9.69. The number of aryl methyl sites for hydroxylation is 2. The van der Waals surface area contributed by atoms with E-state index < -0.39 is 0 Å². The highest BCUT2D eigenvalue weighted by atomic mass is 35.5. The number of carbonyl (C=O) groups excluding carboxylic acids is 1. The highest BCUT2D eigenvalue weighted by molar-refractivity contribution is 6.31. The first kappa shape index (κ1) is 10.8. The van der Waals surface area contributed by atoms with Gasteiger partial charge in [0.2, 0.25) is 5.78 Å². The number of nitrogens with zero attached hydrogens (tertiary/aromatic N) is 3. The predicted octanol–water partition coefficient (Wildman–Crippen LogP) is 2.01. The van der Waals surface area contributed by atoms with E-state index in [2.05, 4.69) is 10.3 Å². The molecular weight excluding hydrogens is 226 g/mol. The number of hydrogen-bond acceptors (Lipinski definition) is 3. The molecule has 0 unspecified atom stereocenters. The summed E-state index contributed by atoms with van der Waals surface area (Å²) >= 11 is 5.97. The Hall–Kier alpha value is -1.68. The molecular formula is C11H10ClN3O. The zero-order chi connectivity index (χ0) is 11.7. The van der Waals surface area contributed by atoms with Crippen LogP contribution in [0.5, 0.6) is 0 Å². The number of aromatic nitrogens is 3. The van der Waals surface area contributed by atoms with E-state index in [1.165, 1.54) is 10.9 Å². The summed E-state index contributed by atoms with van der Waals surface area (Å²) in [6, 6.07) is 5.22. The maximum atomic E-state index is 12.0. The van der Waals surface area contributed by atoms with Crippen LogP contribution in [0.25, 0.3) is 0 Å². The number of benzene rings is 1. The van der Waals surface area contributed by atoms with Crippen LogP contribution < -0.4 is 0 Å². The van der Waals surface area contributed by atoms with Crippen LogP contribution in [0.2, 0.25) is 5.02 Å². The second-order valence-electron chi connectivity index (χ2n) is 3.54. The molecule has 5 heteroatoms. The van der Waals surface area contributed by atoms with Crippen molar-refractivity contribution in [3.05, 3.63) is 46.2 Å². The van der Waals surface area contributed by atoms with Crippen LogP contribution in [0.4, 0.5) is 0 Å². The molecule has 0 saturated heterocycles. The van der Waals surface area contributed by atoms with Crippen LogP contribution in [0, 0.1) is 6.92 Å². The van der Waals surface area contributed by atoms with Crippen LogP contribution in [0.1, 0.15) is 21.6 Å². The predicted molar refractivity (Wildman–Crippen MR) is 60.6 cm³/mol. The van der Waals surface area contributed by atoms with Crippen molar-refractivity contribution in [2.75, 3.05) is 0 Å². The summed E-state index contributed by atoms with van der Waals surface area (Å²) in [5.41, 5.74) is 1.93. The Morgan fingerprint density at radius 2 is 2.19 bits per heavy atom. The number of ketones is 1. The average Bonchev–Trinajstić information content (AvgIpc) is 2.67. The van der Waals surface area contributed by atoms with Crippen molar-refractivity contribution in [3.8, 4) is 0 Å². The summed E-state index contributed by atoms with van der Waals surface area (Å²) in [4.78, 5) is 12.0. The Morgan fingerprint density at radius 1 is 1.44 bits per heavy atom. The molecule has 1 heterocycles. The fourth-order valence-corrected chi connectivity index (χ4v) is 1.56. The molecule has 0 N–H and O–H groups in total. The molecule has 1 aromatic heterocycles. The van der Waals surface area contributed by atoms with Crippen molar-refractivity contribution in [1.82, 2.24) is 15.0 Å². The maximum Gasteiger partial charge on any atom is 0.212 e. The molecule has 0 radical (unpaired) electrons. The van der Waals surface area contributed by atoms with E-state index in [9.17, 15) is 4.79 Å². The minimum Gasteiger partial charge on any atom is -0.287 e. The van der Waals surface area contributed by atoms with Gasteiger partial charge in [-0.25, -0.2) is 4.68 Å². The lowest BCUT2D eigenvalue weighted by atomic mass is 10.1. The topological polar surface area (TPSA) is 47.8 Å². The van der Waals surface area contributed by atoms with Gasteiger partial charge >= 0.3 is 0 Å². The van der Waals surface area contributed by atoms with Crippen molar-refractivity contribution in [3.63, 3.8) is 0 Å². The lowest BCUT2D eigenvalue weighted by molar-refractivity contribution is 0.103. The summed E-state index contributed by atoms with van der Waals surface area (Å²) in [5, 5.41) is 7.97. The fourth-order valence-electron chi connectivity index (χ4n) is 1.38. The summed E-state index contributed by atoms with van der Waals surface area (Å²) in [6.07, 6.45) is 1.44. The zero-order valence-electron chi connectivity index (χ0n) is 8.94. The van der Waals surface area contributed by atoms with Gasteiger partial charge in [-0.2, -0.15) is 0 Å². The van der Waals surface area contributed by atoms with E-state index in [0.717, 1.165) is 5.56 Å². The van der Waals surface area contributed by atoms with Gasteiger partial charge < -0.3 is 0 Å². The number of carbonyl (C=O) groups is 1. The molecule has 0 aliphatic rings. The molecule has 0 amide bonds. The van der Waals surface area contributed by atoms with Crippen LogP contribution in [0.15, 0.2) is 24.4 Å². The lowest BCUT2D eigenvalue weighted by Crippen LogP contribution is -2.08. The summed E-state index contributed by atoms with van der Waals surface area (Å²) in [6.45, 7) is 1.89. The molecule has 0 bridgehead atoms. The minimum atomic E-state index is -0.130. The van der Waals surface area contributed by atoms with Crippen LogP contribution >= 0.6 is 11.6 Å². The molecule has 82 valence electrons. The largest absolute Gasteiger partial charge is 0.287 e. The van der Waals surface area contributed by atoms with Gasteiger partial charge in [-0.3, -0.25) is 4.79 Å². The third-order valence-corrected chi connectivity index (χ3v) is 2.79. The SMILES string of the molecule is Cc1ccc(C(=O)c2cnnn2C)cc1Cl. The minimum absolute atomic E-state index is 0.130. The van der Waals surface area contributed by atoms with Crippen molar-refractivity contribution >= 4 is 17.4 Å². The van der Waals surface area contributed by atoms with E-state index in [-0.39, 0.29) is 5.78 Å². The maximum absolute atomic E-state index is 12.0. The third kappa shape index (κ3) is 1.84. The molecule has 1 aromatic carbocycles. The summed E-state index contributed by atoms with van der Waals surface area (Å²) < 4.78 is 1.44.